The summed E-state index contributed by atoms with van der Waals surface area (Å²) in [5.41, 5.74) is 1.31. The van der Waals surface area contributed by atoms with Crippen LogP contribution in [0.5, 0.6) is 5.75 Å². The van der Waals surface area contributed by atoms with Gasteiger partial charge in [0.05, 0.1) is 12.1 Å². The van der Waals surface area contributed by atoms with Gasteiger partial charge in [-0.05, 0) is 17.9 Å². The standard InChI is InChI=1S/C13H19ClO/c1-5-9-13(2,3)10-7-6-8-11(14)12(10)15-4/h6-8H,5,9H2,1-4H3. The highest BCUT2D eigenvalue weighted by molar-refractivity contribution is 6.32. The fourth-order valence-electron chi connectivity index (χ4n) is 2.01. The van der Waals surface area contributed by atoms with E-state index in [1.54, 1.807) is 7.11 Å². The van der Waals surface area contributed by atoms with Crippen LogP contribution < -0.4 is 4.74 Å². The van der Waals surface area contributed by atoms with Crippen LogP contribution in [0, 0.1) is 0 Å². The van der Waals surface area contributed by atoms with Crippen molar-refractivity contribution in [2.75, 3.05) is 7.11 Å². The van der Waals surface area contributed by atoms with Crippen LogP contribution in [-0.4, -0.2) is 7.11 Å². The predicted molar refractivity (Wildman–Crippen MR) is 65.9 cm³/mol. The van der Waals surface area contributed by atoms with Gasteiger partial charge in [0, 0.05) is 5.56 Å². The number of hydrogen-bond donors (Lipinski definition) is 0. The Kier molecular flexibility index (Phi) is 4.04. The molecular formula is C13H19ClO. The lowest BCUT2D eigenvalue weighted by Gasteiger charge is -2.27. The number of rotatable bonds is 4. The van der Waals surface area contributed by atoms with E-state index in [1.165, 1.54) is 5.56 Å². The summed E-state index contributed by atoms with van der Waals surface area (Å²) in [6.45, 7) is 6.65. The third-order valence-electron chi connectivity index (χ3n) is 2.78. The molecule has 1 nitrogen and oxygen atoms in total. The zero-order chi connectivity index (χ0) is 11.5. The Morgan fingerprint density at radius 3 is 2.53 bits per heavy atom. The molecule has 0 saturated heterocycles. The van der Waals surface area contributed by atoms with E-state index in [1.807, 2.05) is 12.1 Å². The molecule has 0 aliphatic heterocycles. The molecule has 0 heterocycles. The Hall–Kier alpha value is -0.690. The molecule has 84 valence electrons. The fourth-order valence-corrected chi connectivity index (χ4v) is 2.26. The maximum atomic E-state index is 6.11. The van der Waals surface area contributed by atoms with Gasteiger partial charge in [0.15, 0.2) is 0 Å². The second-order valence-electron chi connectivity index (χ2n) is 4.45. The van der Waals surface area contributed by atoms with E-state index >= 15 is 0 Å². The molecule has 0 N–H and O–H groups in total. The van der Waals surface area contributed by atoms with Crippen molar-refractivity contribution < 1.29 is 4.74 Å². The lowest BCUT2D eigenvalue weighted by atomic mass is 9.80. The van der Waals surface area contributed by atoms with Crippen molar-refractivity contribution >= 4 is 11.6 Å². The Labute approximate surface area is 97.4 Å². The highest BCUT2D eigenvalue weighted by Gasteiger charge is 2.24. The van der Waals surface area contributed by atoms with Gasteiger partial charge in [-0.25, -0.2) is 0 Å². The van der Waals surface area contributed by atoms with Crippen molar-refractivity contribution in [1.29, 1.82) is 0 Å². The summed E-state index contributed by atoms with van der Waals surface area (Å²) in [6, 6.07) is 5.95. The van der Waals surface area contributed by atoms with Crippen molar-refractivity contribution in [3.8, 4) is 5.75 Å². The summed E-state index contributed by atoms with van der Waals surface area (Å²) in [6.07, 6.45) is 2.28. The van der Waals surface area contributed by atoms with Gasteiger partial charge in [-0.3, -0.25) is 0 Å². The first-order chi connectivity index (χ1) is 7.03. The number of halogens is 1. The molecule has 0 unspecified atom stereocenters. The molecule has 0 aliphatic rings. The summed E-state index contributed by atoms with van der Waals surface area (Å²) in [5, 5.41) is 0.694. The van der Waals surface area contributed by atoms with Crippen molar-refractivity contribution in [2.45, 2.75) is 39.0 Å². The van der Waals surface area contributed by atoms with E-state index in [4.69, 9.17) is 16.3 Å². The SMILES string of the molecule is CCCC(C)(C)c1cccc(Cl)c1OC. The molecule has 2 heteroatoms. The molecule has 1 aromatic rings. The average molecular weight is 227 g/mol. The third kappa shape index (κ3) is 2.66. The molecule has 1 rings (SSSR count). The first-order valence-corrected chi connectivity index (χ1v) is 5.73. The minimum Gasteiger partial charge on any atom is -0.495 e. The molecular weight excluding hydrogens is 208 g/mol. The van der Waals surface area contributed by atoms with Crippen LogP contribution in [-0.2, 0) is 5.41 Å². The molecule has 0 saturated carbocycles. The summed E-state index contributed by atoms with van der Waals surface area (Å²) < 4.78 is 5.38. The van der Waals surface area contributed by atoms with Crippen LogP contribution in [0.15, 0.2) is 18.2 Å². The van der Waals surface area contributed by atoms with Crippen LogP contribution in [0.4, 0.5) is 0 Å². The summed E-state index contributed by atoms with van der Waals surface area (Å²) >= 11 is 6.11. The van der Waals surface area contributed by atoms with E-state index in [2.05, 4.69) is 26.8 Å². The van der Waals surface area contributed by atoms with Gasteiger partial charge in [0.1, 0.15) is 5.75 Å². The van der Waals surface area contributed by atoms with Gasteiger partial charge in [-0.15, -0.1) is 0 Å². The largest absolute Gasteiger partial charge is 0.495 e. The normalized spacial score (nSPS) is 11.5. The predicted octanol–water partition coefficient (Wildman–Crippen LogP) is 4.43. The van der Waals surface area contributed by atoms with E-state index in [9.17, 15) is 0 Å². The van der Waals surface area contributed by atoms with Crippen LogP contribution in [0.1, 0.15) is 39.2 Å². The minimum absolute atomic E-state index is 0.116. The molecule has 1 aromatic carbocycles. The second-order valence-corrected chi connectivity index (χ2v) is 4.86. The van der Waals surface area contributed by atoms with Crippen molar-refractivity contribution in [2.24, 2.45) is 0 Å². The van der Waals surface area contributed by atoms with E-state index < -0.39 is 0 Å². The molecule has 0 spiro atoms. The van der Waals surface area contributed by atoms with Crippen LogP contribution in [0.25, 0.3) is 0 Å². The number of ether oxygens (including phenoxy) is 1. The highest BCUT2D eigenvalue weighted by atomic mass is 35.5. The van der Waals surface area contributed by atoms with E-state index in [-0.39, 0.29) is 5.41 Å². The third-order valence-corrected chi connectivity index (χ3v) is 3.07. The summed E-state index contributed by atoms with van der Waals surface area (Å²) in [7, 11) is 1.67. The molecule has 0 atom stereocenters. The van der Waals surface area contributed by atoms with Gasteiger partial charge in [0.25, 0.3) is 0 Å². The smallest absolute Gasteiger partial charge is 0.141 e. The van der Waals surface area contributed by atoms with Crippen LogP contribution in [0.3, 0.4) is 0 Å². The monoisotopic (exact) mass is 226 g/mol. The number of hydrogen-bond acceptors (Lipinski definition) is 1. The average Bonchev–Trinajstić information content (AvgIpc) is 2.17. The molecule has 0 radical (unpaired) electrons. The Morgan fingerprint density at radius 2 is 2.00 bits per heavy atom. The summed E-state index contributed by atoms with van der Waals surface area (Å²) in [5.74, 6) is 0.817. The fraction of sp³-hybridized carbons (Fsp3) is 0.538. The quantitative estimate of drug-likeness (QED) is 0.738. The zero-order valence-corrected chi connectivity index (χ0v) is 10.7. The number of benzene rings is 1. The lowest BCUT2D eigenvalue weighted by Crippen LogP contribution is -2.17. The Morgan fingerprint density at radius 1 is 1.33 bits per heavy atom. The Bertz CT molecular complexity index is 331. The van der Waals surface area contributed by atoms with Gasteiger partial charge >= 0.3 is 0 Å². The van der Waals surface area contributed by atoms with Crippen molar-refractivity contribution in [3.63, 3.8) is 0 Å². The van der Waals surface area contributed by atoms with Gasteiger partial charge in [0.2, 0.25) is 0 Å². The maximum Gasteiger partial charge on any atom is 0.141 e. The van der Waals surface area contributed by atoms with Crippen molar-refractivity contribution in [3.05, 3.63) is 28.8 Å². The molecule has 0 bridgehead atoms. The lowest BCUT2D eigenvalue weighted by molar-refractivity contribution is 0.384. The first kappa shape index (κ1) is 12.4. The van der Waals surface area contributed by atoms with Crippen LogP contribution in [0.2, 0.25) is 5.02 Å². The number of methoxy groups -OCH3 is 1. The van der Waals surface area contributed by atoms with Gasteiger partial charge < -0.3 is 4.74 Å². The topological polar surface area (TPSA) is 9.23 Å². The van der Waals surface area contributed by atoms with Gasteiger partial charge in [-0.2, -0.15) is 0 Å². The van der Waals surface area contributed by atoms with Crippen molar-refractivity contribution in [1.82, 2.24) is 0 Å². The minimum atomic E-state index is 0.116. The maximum absolute atomic E-state index is 6.11. The Balaban J connectivity index is 3.18. The molecule has 0 amide bonds. The first-order valence-electron chi connectivity index (χ1n) is 5.36. The number of para-hydroxylation sites is 1. The zero-order valence-electron chi connectivity index (χ0n) is 9.93. The summed E-state index contributed by atoms with van der Waals surface area (Å²) in [4.78, 5) is 0. The molecule has 0 fully saturated rings. The van der Waals surface area contributed by atoms with Crippen LogP contribution >= 0.6 is 11.6 Å². The van der Waals surface area contributed by atoms with E-state index in [0.29, 0.717) is 5.02 Å². The highest BCUT2D eigenvalue weighted by Crippen LogP contribution is 2.38. The molecule has 0 aromatic heterocycles. The second kappa shape index (κ2) is 4.89. The molecule has 0 aliphatic carbocycles. The van der Waals surface area contributed by atoms with E-state index in [0.717, 1.165) is 18.6 Å². The van der Waals surface area contributed by atoms with Gasteiger partial charge in [-0.1, -0.05) is 50.9 Å². The molecule has 15 heavy (non-hydrogen) atoms.